The zero-order valence-electron chi connectivity index (χ0n) is 8.09. The van der Waals surface area contributed by atoms with E-state index in [0.717, 1.165) is 0 Å². The van der Waals surface area contributed by atoms with Crippen LogP contribution in [0.15, 0.2) is 0 Å². The van der Waals surface area contributed by atoms with Crippen LogP contribution in [0.3, 0.4) is 0 Å². The van der Waals surface area contributed by atoms with Crippen molar-refractivity contribution in [2.45, 2.75) is 39.9 Å². The zero-order chi connectivity index (χ0) is 9.35. The summed E-state index contributed by atoms with van der Waals surface area (Å²) in [6.45, 7) is 7.61. The van der Waals surface area contributed by atoms with Crippen LogP contribution in [-0.4, -0.2) is 24.8 Å². The molecular weight excluding hydrogens is 156 g/mol. The Labute approximate surface area is 73.0 Å². The number of hydrogen-bond donors (Lipinski definition) is 0. The monoisotopic (exact) mass is 172 g/mol. The maximum absolute atomic E-state index is 11.4. The van der Waals surface area contributed by atoms with Crippen molar-refractivity contribution in [1.82, 2.24) is 0 Å². The second-order valence-electron chi connectivity index (χ2n) is 3.57. The summed E-state index contributed by atoms with van der Waals surface area (Å²) in [6, 6.07) is 0. The van der Waals surface area contributed by atoms with Crippen molar-refractivity contribution in [2.75, 3.05) is 6.79 Å². The smallest absolute Gasteiger partial charge is 0.147 e. The fourth-order valence-electron chi connectivity index (χ4n) is 1.49. The lowest BCUT2D eigenvalue weighted by Crippen LogP contribution is -2.51. The Bertz CT molecular complexity index is 178. The Morgan fingerprint density at radius 2 is 1.75 bits per heavy atom. The van der Waals surface area contributed by atoms with Gasteiger partial charge in [0.15, 0.2) is 0 Å². The van der Waals surface area contributed by atoms with Crippen LogP contribution in [0.4, 0.5) is 0 Å². The van der Waals surface area contributed by atoms with Gasteiger partial charge in [0.25, 0.3) is 0 Å². The van der Waals surface area contributed by atoms with Crippen LogP contribution >= 0.6 is 0 Å². The van der Waals surface area contributed by atoms with E-state index in [1.807, 2.05) is 20.8 Å². The number of Topliss-reactive ketones (excluding diaryl/α,β-unsaturated/α-hetero) is 1. The third-order valence-electron chi connectivity index (χ3n) is 3.08. The van der Waals surface area contributed by atoms with E-state index in [1.165, 1.54) is 0 Å². The van der Waals surface area contributed by atoms with Crippen LogP contribution in [0.1, 0.15) is 27.7 Å². The molecule has 3 heteroatoms. The zero-order valence-corrected chi connectivity index (χ0v) is 8.09. The normalized spacial score (nSPS) is 42.7. The molecule has 0 aromatic rings. The Morgan fingerprint density at radius 3 is 2.00 bits per heavy atom. The molecule has 1 rings (SSSR count). The first-order chi connectivity index (χ1) is 5.49. The summed E-state index contributed by atoms with van der Waals surface area (Å²) >= 11 is 0. The number of ketones is 1. The van der Waals surface area contributed by atoms with Crippen molar-refractivity contribution in [3.8, 4) is 0 Å². The van der Waals surface area contributed by atoms with Gasteiger partial charge in [0.05, 0.1) is 17.6 Å². The molecular formula is C9H16O3. The molecule has 12 heavy (non-hydrogen) atoms. The topological polar surface area (TPSA) is 35.5 Å². The van der Waals surface area contributed by atoms with Gasteiger partial charge >= 0.3 is 0 Å². The van der Waals surface area contributed by atoms with Gasteiger partial charge in [0, 0.05) is 0 Å². The van der Waals surface area contributed by atoms with Crippen molar-refractivity contribution in [2.24, 2.45) is 5.41 Å². The lowest BCUT2D eigenvalue weighted by molar-refractivity contribution is -0.228. The van der Waals surface area contributed by atoms with Crippen LogP contribution in [0, 0.1) is 5.41 Å². The Balaban J connectivity index is 2.87. The minimum atomic E-state index is -0.488. The molecule has 1 fully saturated rings. The molecule has 2 unspecified atom stereocenters. The van der Waals surface area contributed by atoms with Crippen molar-refractivity contribution in [1.29, 1.82) is 0 Å². The van der Waals surface area contributed by atoms with E-state index < -0.39 is 5.41 Å². The van der Waals surface area contributed by atoms with Crippen LogP contribution < -0.4 is 0 Å². The van der Waals surface area contributed by atoms with Crippen LogP contribution in [0.25, 0.3) is 0 Å². The second kappa shape index (κ2) is 3.15. The molecule has 70 valence electrons. The number of ether oxygens (including phenoxy) is 2. The number of hydrogen-bond acceptors (Lipinski definition) is 3. The first kappa shape index (κ1) is 9.68. The number of rotatable bonds is 1. The molecule has 0 aromatic carbocycles. The summed E-state index contributed by atoms with van der Waals surface area (Å²) in [5.74, 6) is 0.127. The first-order valence-electron chi connectivity index (χ1n) is 4.23. The van der Waals surface area contributed by atoms with Crippen molar-refractivity contribution < 1.29 is 14.3 Å². The second-order valence-corrected chi connectivity index (χ2v) is 3.57. The molecule has 2 atom stereocenters. The van der Waals surface area contributed by atoms with E-state index >= 15 is 0 Å². The summed E-state index contributed by atoms with van der Waals surface area (Å²) in [4.78, 5) is 11.4. The van der Waals surface area contributed by atoms with Gasteiger partial charge in [-0.25, -0.2) is 0 Å². The Morgan fingerprint density at radius 1 is 1.33 bits per heavy atom. The molecule has 0 radical (unpaired) electrons. The van der Waals surface area contributed by atoms with Gasteiger partial charge in [-0.05, 0) is 27.7 Å². The van der Waals surface area contributed by atoms with Gasteiger partial charge in [0.2, 0.25) is 0 Å². The minimum absolute atomic E-state index is 0.0567. The van der Waals surface area contributed by atoms with E-state index in [2.05, 4.69) is 0 Å². The first-order valence-corrected chi connectivity index (χ1v) is 4.23. The highest BCUT2D eigenvalue weighted by Crippen LogP contribution is 2.34. The molecule has 1 saturated heterocycles. The molecule has 1 aliphatic heterocycles. The quantitative estimate of drug-likeness (QED) is 0.599. The summed E-state index contributed by atoms with van der Waals surface area (Å²) in [5.41, 5.74) is -0.488. The van der Waals surface area contributed by atoms with E-state index in [4.69, 9.17) is 9.47 Å². The SMILES string of the molecule is CC(=O)C1(C)C(C)OCOC1C. The average Bonchev–Trinajstić information content (AvgIpc) is 1.99. The van der Waals surface area contributed by atoms with Gasteiger partial charge < -0.3 is 9.47 Å². The highest BCUT2D eigenvalue weighted by molar-refractivity contribution is 5.83. The average molecular weight is 172 g/mol. The lowest BCUT2D eigenvalue weighted by Gasteiger charge is -2.42. The number of carbonyl (C=O) groups is 1. The molecule has 0 aromatic heterocycles. The van der Waals surface area contributed by atoms with Gasteiger partial charge in [-0.2, -0.15) is 0 Å². The van der Waals surface area contributed by atoms with E-state index in [1.54, 1.807) is 6.92 Å². The van der Waals surface area contributed by atoms with Crippen molar-refractivity contribution in [3.63, 3.8) is 0 Å². The molecule has 1 aliphatic rings. The molecule has 0 saturated carbocycles. The number of carbonyl (C=O) groups excluding carboxylic acids is 1. The molecule has 0 N–H and O–H groups in total. The van der Waals surface area contributed by atoms with E-state index in [9.17, 15) is 4.79 Å². The van der Waals surface area contributed by atoms with Gasteiger partial charge in [-0.3, -0.25) is 4.79 Å². The van der Waals surface area contributed by atoms with Gasteiger partial charge in [-0.1, -0.05) is 0 Å². The van der Waals surface area contributed by atoms with E-state index in [0.29, 0.717) is 6.79 Å². The van der Waals surface area contributed by atoms with Crippen LogP contribution in [0.5, 0.6) is 0 Å². The molecule has 1 heterocycles. The summed E-state index contributed by atoms with van der Waals surface area (Å²) in [7, 11) is 0. The summed E-state index contributed by atoms with van der Waals surface area (Å²) < 4.78 is 10.6. The maximum atomic E-state index is 11.4. The Kier molecular flexibility index (Phi) is 2.54. The van der Waals surface area contributed by atoms with Crippen LogP contribution in [0.2, 0.25) is 0 Å². The molecule has 3 nitrogen and oxygen atoms in total. The fourth-order valence-corrected chi connectivity index (χ4v) is 1.49. The predicted octanol–water partition coefficient (Wildman–Crippen LogP) is 1.36. The fraction of sp³-hybridized carbons (Fsp3) is 0.889. The highest BCUT2D eigenvalue weighted by Gasteiger charge is 2.45. The summed E-state index contributed by atoms with van der Waals surface area (Å²) in [6.07, 6.45) is -0.113. The minimum Gasteiger partial charge on any atom is -0.351 e. The Hall–Kier alpha value is -0.410. The van der Waals surface area contributed by atoms with Crippen LogP contribution in [-0.2, 0) is 14.3 Å². The molecule has 0 spiro atoms. The van der Waals surface area contributed by atoms with Gasteiger partial charge in [-0.15, -0.1) is 0 Å². The van der Waals surface area contributed by atoms with Crippen molar-refractivity contribution in [3.05, 3.63) is 0 Å². The standard InChI is InChI=1S/C9H16O3/c1-6(10)9(4)7(2)11-5-12-8(9)3/h7-8H,5H2,1-4H3. The largest absolute Gasteiger partial charge is 0.351 e. The highest BCUT2D eigenvalue weighted by atomic mass is 16.7. The van der Waals surface area contributed by atoms with Gasteiger partial charge in [0.1, 0.15) is 12.6 Å². The predicted molar refractivity (Wildman–Crippen MR) is 44.7 cm³/mol. The third kappa shape index (κ3) is 1.27. The third-order valence-corrected chi connectivity index (χ3v) is 3.08. The molecule has 0 aliphatic carbocycles. The maximum Gasteiger partial charge on any atom is 0.147 e. The summed E-state index contributed by atoms with van der Waals surface area (Å²) in [5, 5.41) is 0. The molecule has 0 amide bonds. The lowest BCUT2D eigenvalue weighted by atomic mass is 9.76. The van der Waals surface area contributed by atoms with Crippen molar-refractivity contribution >= 4 is 5.78 Å². The molecule has 0 bridgehead atoms. The van der Waals surface area contributed by atoms with E-state index in [-0.39, 0.29) is 18.0 Å².